The monoisotopic (exact) mass is 299 g/mol. The van der Waals surface area contributed by atoms with Crippen molar-refractivity contribution in [3.05, 3.63) is 78.9 Å². The average Bonchev–Trinajstić information content (AvgIpc) is 3.14. The second-order valence-electron chi connectivity index (χ2n) is 5.03. The van der Waals surface area contributed by atoms with Crippen LogP contribution in [0.1, 0.15) is 5.56 Å². The van der Waals surface area contributed by atoms with Gasteiger partial charge in [-0.25, -0.2) is 14.6 Å². The maximum atomic E-state index is 4.70. The van der Waals surface area contributed by atoms with Gasteiger partial charge in [0.1, 0.15) is 12.7 Å². The van der Waals surface area contributed by atoms with E-state index in [1.54, 1.807) is 11.0 Å². The Morgan fingerprint density at radius 1 is 0.957 bits per heavy atom. The Hall–Kier alpha value is -3.34. The van der Waals surface area contributed by atoms with E-state index in [1.807, 2.05) is 60.8 Å². The third kappa shape index (κ3) is 2.72. The van der Waals surface area contributed by atoms with Crippen LogP contribution in [0.2, 0.25) is 0 Å². The van der Waals surface area contributed by atoms with E-state index in [0.29, 0.717) is 5.82 Å². The molecule has 0 fully saturated rings. The Morgan fingerprint density at radius 3 is 2.61 bits per heavy atom. The van der Waals surface area contributed by atoms with Crippen molar-refractivity contribution in [3.63, 3.8) is 0 Å². The van der Waals surface area contributed by atoms with Gasteiger partial charge in [-0.1, -0.05) is 36.4 Å². The Kier molecular flexibility index (Phi) is 3.37. The Labute approximate surface area is 133 Å². The quantitative estimate of drug-likeness (QED) is 0.543. The molecule has 0 bridgehead atoms. The van der Waals surface area contributed by atoms with Gasteiger partial charge >= 0.3 is 0 Å². The van der Waals surface area contributed by atoms with Crippen LogP contribution in [0.25, 0.3) is 16.7 Å². The van der Waals surface area contributed by atoms with E-state index >= 15 is 0 Å². The van der Waals surface area contributed by atoms with E-state index < -0.39 is 0 Å². The number of rotatable bonds is 3. The third-order valence-corrected chi connectivity index (χ3v) is 3.48. The molecule has 4 rings (SSSR count). The molecule has 2 heterocycles. The molecule has 0 atom stereocenters. The Bertz CT molecular complexity index is 959. The lowest BCUT2D eigenvalue weighted by Gasteiger charge is -2.07. The van der Waals surface area contributed by atoms with Crippen LogP contribution in [0, 0.1) is 0 Å². The summed E-state index contributed by atoms with van der Waals surface area (Å²) in [7, 11) is 0. The minimum Gasteiger partial charge on any atom is -0.256 e. The second kappa shape index (κ2) is 5.81. The van der Waals surface area contributed by atoms with Gasteiger partial charge in [0, 0.05) is 17.2 Å². The van der Waals surface area contributed by atoms with Crippen LogP contribution in [0.15, 0.2) is 78.3 Å². The molecular formula is C18H13N5. The lowest BCUT2D eigenvalue weighted by atomic mass is 10.1. The van der Waals surface area contributed by atoms with Gasteiger partial charge in [-0.2, -0.15) is 5.10 Å². The highest BCUT2D eigenvalue weighted by Crippen LogP contribution is 2.19. The second-order valence-corrected chi connectivity index (χ2v) is 5.03. The van der Waals surface area contributed by atoms with Crippen LogP contribution in [-0.4, -0.2) is 26.0 Å². The summed E-state index contributed by atoms with van der Waals surface area (Å²) in [5.74, 6) is 0.709. The van der Waals surface area contributed by atoms with E-state index in [0.717, 1.165) is 22.2 Å². The van der Waals surface area contributed by atoms with Gasteiger partial charge in [0.15, 0.2) is 5.82 Å². The minimum atomic E-state index is 0.709. The molecule has 4 aromatic rings. The topological polar surface area (TPSA) is 56.0 Å². The van der Waals surface area contributed by atoms with Crippen molar-refractivity contribution < 1.29 is 0 Å². The normalized spacial score (nSPS) is 11.3. The van der Waals surface area contributed by atoms with Crippen molar-refractivity contribution in [1.82, 2.24) is 19.7 Å². The predicted molar refractivity (Wildman–Crippen MR) is 90.4 cm³/mol. The van der Waals surface area contributed by atoms with E-state index in [4.69, 9.17) is 4.98 Å². The molecule has 0 radical (unpaired) electrons. The molecular weight excluding hydrogens is 286 g/mol. The molecule has 0 aliphatic carbocycles. The summed E-state index contributed by atoms with van der Waals surface area (Å²) in [5.41, 5.74) is 2.69. The zero-order valence-electron chi connectivity index (χ0n) is 12.2. The van der Waals surface area contributed by atoms with Crippen LogP contribution < -0.4 is 0 Å². The van der Waals surface area contributed by atoms with E-state index in [2.05, 4.69) is 21.1 Å². The van der Waals surface area contributed by atoms with Crippen molar-refractivity contribution in [3.8, 4) is 5.82 Å². The lowest BCUT2D eigenvalue weighted by molar-refractivity contribution is 0.849. The largest absolute Gasteiger partial charge is 0.256 e. The highest BCUT2D eigenvalue weighted by atomic mass is 15.3. The standard InChI is InChI=1S/C18H13N5/c1-2-7-16(8-3-1)20-11-15-10-14-6-4-5-9-17(14)22-18(15)23-13-19-12-21-23/h1-13H. The summed E-state index contributed by atoms with van der Waals surface area (Å²) in [4.78, 5) is 13.2. The maximum absolute atomic E-state index is 4.70. The molecule has 0 unspecified atom stereocenters. The summed E-state index contributed by atoms with van der Waals surface area (Å²) in [5, 5.41) is 5.25. The molecule has 0 spiro atoms. The summed E-state index contributed by atoms with van der Waals surface area (Å²) in [6.07, 6.45) is 4.94. The number of pyridine rings is 1. The predicted octanol–water partition coefficient (Wildman–Crippen LogP) is 3.57. The van der Waals surface area contributed by atoms with Crippen molar-refractivity contribution in [2.75, 3.05) is 0 Å². The van der Waals surface area contributed by atoms with Crippen LogP contribution in [0.5, 0.6) is 0 Å². The fourth-order valence-electron chi connectivity index (χ4n) is 2.38. The number of aromatic nitrogens is 4. The molecule has 2 aromatic heterocycles. The van der Waals surface area contributed by atoms with Crippen molar-refractivity contribution in [2.24, 2.45) is 4.99 Å². The summed E-state index contributed by atoms with van der Waals surface area (Å²) in [6, 6.07) is 19.9. The molecule has 0 aliphatic rings. The van der Waals surface area contributed by atoms with Gasteiger partial charge < -0.3 is 0 Å². The average molecular weight is 299 g/mol. The van der Waals surface area contributed by atoms with Crippen LogP contribution in [-0.2, 0) is 0 Å². The smallest absolute Gasteiger partial charge is 0.164 e. The Balaban J connectivity index is 1.86. The van der Waals surface area contributed by atoms with Gasteiger partial charge in [-0.05, 0) is 24.3 Å². The van der Waals surface area contributed by atoms with Crippen LogP contribution in [0.4, 0.5) is 5.69 Å². The third-order valence-electron chi connectivity index (χ3n) is 3.48. The molecule has 5 heteroatoms. The molecule has 0 amide bonds. The highest BCUT2D eigenvalue weighted by Gasteiger charge is 2.08. The summed E-state index contributed by atoms with van der Waals surface area (Å²) in [6.45, 7) is 0. The lowest BCUT2D eigenvalue weighted by Crippen LogP contribution is -2.03. The first-order valence-electron chi connectivity index (χ1n) is 7.24. The molecule has 110 valence electrons. The number of aliphatic imine (C=N–C) groups is 1. The molecule has 0 N–H and O–H groups in total. The molecule has 0 aliphatic heterocycles. The first-order chi connectivity index (χ1) is 11.4. The summed E-state index contributed by atoms with van der Waals surface area (Å²) >= 11 is 0. The molecule has 5 nitrogen and oxygen atoms in total. The first-order valence-corrected chi connectivity index (χ1v) is 7.24. The molecule has 23 heavy (non-hydrogen) atoms. The summed E-state index contributed by atoms with van der Waals surface area (Å²) < 4.78 is 1.65. The zero-order chi connectivity index (χ0) is 15.5. The van der Waals surface area contributed by atoms with Gasteiger partial charge in [0.25, 0.3) is 0 Å². The molecule has 0 saturated carbocycles. The van der Waals surface area contributed by atoms with Crippen molar-refractivity contribution in [1.29, 1.82) is 0 Å². The van der Waals surface area contributed by atoms with Crippen molar-refractivity contribution >= 4 is 22.8 Å². The first kappa shape index (κ1) is 13.3. The number of hydrogen-bond donors (Lipinski definition) is 0. The SMILES string of the molecule is C(=Nc1ccccc1)c1cc2ccccc2nc1-n1cncn1. The number of benzene rings is 2. The molecule has 2 aromatic carbocycles. The number of fused-ring (bicyclic) bond motifs is 1. The van der Waals surface area contributed by atoms with Gasteiger partial charge in [0.05, 0.1) is 11.2 Å². The van der Waals surface area contributed by atoms with Gasteiger partial charge in [-0.15, -0.1) is 0 Å². The fraction of sp³-hybridized carbons (Fsp3) is 0. The number of hydrogen-bond acceptors (Lipinski definition) is 4. The van der Waals surface area contributed by atoms with E-state index in [9.17, 15) is 0 Å². The van der Waals surface area contributed by atoms with Crippen LogP contribution >= 0.6 is 0 Å². The fourth-order valence-corrected chi connectivity index (χ4v) is 2.38. The van der Waals surface area contributed by atoms with E-state index in [-0.39, 0.29) is 0 Å². The molecule has 0 saturated heterocycles. The van der Waals surface area contributed by atoms with Gasteiger partial charge in [0.2, 0.25) is 0 Å². The number of para-hydroxylation sites is 2. The minimum absolute atomic E-state index is 0.709. The van der Waals surface area contributed by atoms with Gasteiger partial charge in [-0.3, -0.25) is 4.99 Å². The highest BCUT2D eigenvalue weighted by molar-refractivity contribution is 5.92. The number of nitrogens with zero attached hydrogens (tertiary/aromatic N) is 5. The maximum Gasteiger partial charge on any atom is 0.164 e. The Morgan fingerprint density at radius 2 is 1.78 bits per heavy atom. The van der Waals surface area contributed by atoms with Crippen LogP contribution in [0.3, 0.4) is 0 Å². The van der Waals surface area contributed by atoms with Crippen molar-refractivity contribution in [2.45, 2.75) is 0 Å². The zero-order valence-corrected chi connectivity index (χ0v) is 12.2. The van der Waals surface area contributed by atoms with E-state index in [1.165, 1.54) is 6.33 Å².